The predicted molar refractivity (Wildman–Crippen MR) is 241 cm³/mol. The smallest absolute Gasteiger partial charge is 0.167 e. The predicted octanol–water partition coefficient (Wildman–Crippen LogP) is 13.8. The Balaban J connectivity index is 1.10. The zero-order valence-corrected chi connectivity index (χ0v) is 32.5. The van der Waals surface area contributed by atoms with Crippen molar-refractivity contribution >= 4 is 43.7 Å². The van der Waals surface area contributed by atoms with E-state index in [4.69, 9.17) is 19.4 Å². The quantitative estimate of drug-likeness (QED) is 0.175. The third-order valence-electron chi connectivity index (χ3n) is 12.3. The minimum Gasteiger partial charge on any atom is -0.455 e. The molecule has 11 aromatic rings. The summed E-state index contributed by atoms with van der Waals surface area (Å²) in [5, 5.41) is 4.32. The third-order valence-corrected chi connectivity index (χ3v) is 12.3. The first-order valence-corrected chi connectivity index (χ1v) is 20.1. The fraction of sp³-hybridized carbons (Fsp3) is 0.0556. The maximum atomic E-state index is 7.18. The van der Waals surface area contributed by atoms with Crippen molar-refractivity contribution in [3.05, 3.63) is 193 Å². The Labute approximate surface area is 340 Å². The van der Waals surface area contributed by atoms with Gasteiger partial charge in [-0.25, -0.2) is 15.0 Å². The third kappa shape index (κ3) is 5.08. The summed E-state index contributed by atoms with van der Waals surface area (Å²) >= 11 is 0. The lowest BCUT2D eigenvalue weighted by atomic mass is 9.82. The number of hydrogen-bond donors (Lipinski definition) is 0. The van der Waals surface area contributed by atoms with Crippen LogP contribution < -0.4 is 0 Å². The second kappa shape index (κ2) is 12.7. The molecule has 59 heavy (non-hydrogen) atoms. The molecule has 5 nitrogen and oxygen atoms in total. The van der Waals surface area contributed by atoms with Gasteiger partial charge in [-0.3, -0.25) is 0 Å². The first kappa shape index (κ1) is 33.5. The Morgan fingerprint density at radius 3 is 1.73 bits per heavy atom. The molecule has 0 atom stereocenters. The fourth-order valence-corrected chi connectivity index (χ4v) is 9.36. The van der Waals surface area contributed by atoms with Crippen molar-refractivity contribution < 1.29 is 4.42 Å². The summed E-state index contributed by atoms with van der Waals surface area (Å²) in [5.74, 6) is 1.77. The van der Waals surface area contributed by atoms with Gasteiger partial charge in [-0.15, -0.1) is 0 Å². The molecule has 1 aliphatic carbocycles. The van der Waals surface area contributed by atoms with Crippen molar-refractivity contribution in [2.75, 3.05) is 0 Å². The van der Waals surface area contributed by atoms with Gasteiger partial charge >= 0.3 is 0 Å². The number of aromatic nitrogens is 4. The number of benzene rings is 8. The van der Waals surface area contributed by atoms with Crippen LogP contribution in [-0.4, -0.2) is 19.5 Å². The second-order valence-electron chi connectivity index (χ2n) is 16.0. The van der Waals surface area contributed by atoms with Gasteiger partial charge in [-0.2, -0.15) is 0 Å². The lowest BCUT2D eigenvalue weighted by molar-refractivity contribution is 0.661. The number of nitrogens with zero attached hydrogens (tertiary/aromatic N) is 4. The second-order valence-corrected chi connectivity index (χ2v) is 16.0. The van der Waals surface area contributed by atoms with Crippen LogP contribution in [0.5, 0.6) is 0 Å². The summed E-state index contributed by atoms with van der Waals surface area (Å²) in [5.41, 5.74) is 15.1. The van der Waals surface area contributed by atoms with Gasteiger partial charge in [-0.05, 0) is 75.8 Å². The van der Waals surface area contributed by atoms with E-state index in [0.29, 0.717) is 17.5 Å². The minimum atomic E-state index is -0.131. The van der Waals surface area contributed by atoms with Gasteiger partial charge < -0.3 is 8.98 Å². The maximum absolute atomic E-state index is 7.18. The summed E-state index contributed by atoms with van der Waals surface area (Å²) in [6, 6.07) is 64.0. The Morgan fingerprint density at radius 2 is 0.983 bits per heavy atom. The van der Waals surface area contributed by atoms with Crippen LogP contribution in [0.2, 0.25) is 0 Å². The van der Waals surface area contributed by atoms with E-state index in [0.717, 1.165) is 77.2 Å². The van der Waals surface area contributed by atoms with Crippen LogP contribution >= 0.6 is 0 Å². The topological polar surface area (TPSA) is 56.7 Å². The van der Waals surface area contributed by atoms with Crippen molar-refractivity contribution in [2.24, 2.45) is 0 Å². The van der Waals surface area contributed by atoms with Crippen molar-refractivity contribution in [2.45, 2.75) is 19.3 Å². The van der Waals surface area contributed by atoms with E-state index in [2.05, 4.69) is 164 Å². The molecule has 0 saturated heterocycles. The standard InChI is InChI=1S/C54H36N4O/c1-54(2)44-24-13-12-21-38(44)42-31-43-47(32-45(42)54)58(37-19-10-5-11-20-37)46-30-29-40-39-22-14-23-41(49(39)59-50(40)48(43)46)53-56-51(35-17-8-4-9-18-35)55-52(57-53)36-27-25-34(26-28-36)33-15-6-3-7-16-33/h3-32H,1-2H3. The molecule has 0 unspecified atom stereocenters. The molecule has 12 rings (SSSR count). The van der Waals surface area contributed by atoms with Gasteiger partial charge in [0.15, 0.2) is 17.5 Å². The van der Waals surface area contributed by atoms with E-state index in [-0.39, 0.29) is 5.41 Å². The molecule has 0 aliphatic heterocycles. The number of furan rings is 1. The Morgan fingerprint density at radius 1 is 0.407 bits per heavy atom. The molecule has 0 N–H and O–H groups in total. The largest absolute Gasteiger partial charge is 0.455 e. The number of para-hydroxylation sites is 2. The van der Waals surface area contributed by atoms with Crippen molar-refractivity contribution in [3.8, 4) is 62.1 Å². The molecule has 0 fully saturated rings. The molecule has 0 saturated carbocycles. The lowest BCUT2D eigenvalue weighted by Gasteiger charge is -2.21. The molecular formula is C54H36N4O. The minimum absolute atomic E-state index is 0.131. The van der Waals surface area contributed by atoms with Crippen LogP contribution in [-0.2, 0) is 5.41 Å². The van der Waals surface area contributed by atoms with E-state index in [1.807, 2.05) is 36.4 Å². The van der Waals surface area contributed by atoms with Gasteiger partial charge in [-0.1, -0.05) is 153 Å². The van der Waals surface area contributed by atoms with E-state index in [1.54, 1.807) is 0 Å². The average Bonchev–Trinajstić information content (AvgIpc) is 3.91. The van der Waals surface area contributed by atoms with Crippen molar-refractivity contribution in [3.63, 3.8) is 0 Å². The number of rotatable bonds is 5. The summed E-state index contributed by atoms with van der Waals surface area (Å²) in [7, 11) is 0. The van der Waals surface area contributed by atoms with Crippen LogP contribution in [0.1, 0.15) is 25.0 Å². The summed E-state index contributed by atoms with van der Waals surface area (Å²) < 4.78 is 9.57. The number of hydrogen-bond acceptors (Lipinski definition) is 4. The fourth-order valence-electron chi connectivity index (χ4n) is 9.36. The van der Waals surface area contributed by atoms with Gasteiger partial charge in [0.1, 0.15) is 11.2 Å². The van der Waals surface area contributed by atoms with E-state index in [9.17, 15) is 0 Å². The monoisotopic (exact) mass is 756 g/mol. The zero-order chi connectivity index (χ0) is 39.2. The maximum Gasteiger partial charge on any atom is 0.167 e. The average molecular weight is 757 g/mol. The first-order valence-electron chi connectivity index (χ1n) is 20.1. The normalized spacial score (nSPS) is 13.1. The van der Waals surface area contributed by atoms with E-state index < -0.39 is 0 Å². The molecule has 0 bridgehead atoms. The molecule has 8 aromatic carbocycles. The van der Waals surface area contributed by atoms with Crippen LogP contribution in [0.4, 0.5) is 0 Å². The molecule has 3 heterocycles. The molecule has 3 aromatic heterocycles. The highest BCUT2D eigenvalue weighted by atomic mass is 16.3. The summed E-state index contributed by atoms with van der Waals surface area (Å²) in [6.45, 7) is 4.68. The zero-order valence-electron chi connectivity index (χ0n) is 32.5. The Bertz CT molecular complexity index is 3440. The molecule has 0 amide bonds. The van der Waals surface area contributed by atoms with E-state index >= 15 is 0 Å². The molecule has 278 valence electrons. The SMILES string of the molecule is CC1(C)c2ccccc2-c2cc3c4c5oc6c(-c7nc(-c8ccccc8)nc(-c8ccc(-c9ccccc9)cc8)n7)cccc6c5ccc4n(-c4ccccc4)c3cc21. The Hall–Kier alpha value is -7.63. The highest BCUT2D eigenvalue weighted by molar-refractivity contribution is 6.25. The van der Waals surface area contributed by atoms with Crippen molar-refractivity contribution in [1.82, 2.24) is 19.5 Å². The molecule has 5 heteroatoms. The highest BCUT2D eigenvalue weighted by Gasteiger charge is 2.36. The molecule has 0 radical (unpaired) electrons. The lowest BCUT2D eigenvalue weighted by Crippen LogP contribution is -2.14. The van der Waals surface area contributed by atoms with Crippen LogP contribution in [0.15, 0.2) is 186 Å². The van der Waals surface area contributed by atoms with Gasteiger partial charge in [0.25, 0.3) is 0 Å². The van der Waals surface area contributed by atoms with Crippen LogP contribution in [0, 0.1) is 0 Å². The summed E-state index contributed by atoms with van der Waals surface area (Å²) in [4.78, 5) is 15.3. The molecular weight excluding hydrogens is 721 g/mol. The van der Waals surface area contributed by atoms with Crippen LogP contribution in [0.3, 0.4) is 0 Å². The van der Waals surface area contributed by atoms with Gasteiger partial charge in [0.05, 0.1) is 22.0 Å². The first-order chi connectivity index (χ1) is 29.0. The summed E-state index contributed by atoms with van der Waals surface area (Å²) in [6.07, 6.45) is 0. The molecule has 0 spiro atoms. The van der Waals surface area contributed by atoms with E-state index in [1.165, 1.54) is 22.3 Å². The van der Waals surface area contributed by atoms with Gasteiger partial charge in [0.2, 0.25) is 0 Å². The van der Waals surface area contributed by atoms with Gasteiger partial charge in [0, 0.05) is 38.4 Å². The Kier molecular flexibility index (Phi) is 7.20. The number of fused-ring (bicyclic) bond motifs is 10. The molecule has 1 aliphatic rings. The highest BCUT2D eigenvalue weighted by Crippen LogP contribution is 2.52. The van der Waals surface area contributed by atoms with Crippen molar-refractivity contribution in [1.29, 1.82) is 0 Å². The van der Waals surface area contributed by atoms with Crippen LogP contribution in [0.25, 0.3) is 106 Å².